The van der Waals surface area contributed by atoms with Crippen molar-refractivity contribution in [2.45, 2.75) is 13.8 Å². The third-order valence-electron chi connectivity index (χ3n) is 2.29. The van der Waals surface area contributed by atoms with Gasteiger partial charge in [0.2, 0.25) is 0 Å². The Hall–Kier alpha value is -1.90. The average molecular weight is 199 g/mol. The first-order chi connectivity index (χ1) is 7.25. The lowest BCUT2D eigenvalue weighted by atomic mass is 10.1. The van der Waals surface area contributed by atoms with Crippen LogP contribution in [0.1, 0.15) is 22.4 Å². The summed E-state index contributed by atoms with van der Waals surface area (Å²) in [7, 11) is 0. The molecule has 0 atom stereocenters. The standard InChI is InChI=1S/C12H13N3/c1-9-3-4-11(10(2)7-9)5-6-12-8-13-15-14-12/h3-8H,1-2H3,(H,13,14,15)/b6-5+. The minimum absolute atomic E-state index is 0.843. The van der Waals surface area contributed by atoms with Gasteiger partial charge in [-0.3, -0.25) is 0 Å². The highest BCUT2D eigenvalue weighted by molar-refractivity contribution is 5.69. The number of nitrogens with one attached hydrogen (secondary N) is 1. The summed E-state index contributed by atoms with van der Waals surface area (Å²) in [6.07, 6.45) is 5.69. The predicted octanol–water partition coefficient (Wildman–Crippen LogP) is 2.59. The molecule has 0 saturated carbocycles. The largest absolute Gasteiger partial charge is 0.197 e. The SMILES string of the molecule is Cc1ccc(/C=C/c2cn[nH]n2)c(C)c1. The van der Waals surface area contributed by atoms with Gasteiger partial charge in [-0.2, -0.15) is 15.4 Å². The molecule has 1 N–H and O–H groups in total. The second-order valence-electron chi connectivity index (χ2n) is 3.59. The molecule has 0 radical (unpaired) electrons. The lowest BCUT2D eigenvalue weighted by Crippen LogP contribution is -1.81. The topological polar surface area (TPSA) is 41.6 Å². The second kappa shape index (κ2) is 4.09. The highest BCUT2D eigenvalue weighted by Gasteiger charge is 1.94. The molecular weight excluding hydrogens is 186 g/mol. The summed E-state index contributed by atoms with van der Waals surface area (Å²) in [6, 6.07) is 6.39. The molecule has 0 fully saturated rings. The fraction of sp³-hybridized carbons (Fsp3) is 0.167. The first-order valence-electron chi connectivity index (χ1n) is 4.87. The molecule has 1 aromatic heterocycles. The molecule has 0 spiro atoms. The molecule has 0 aliphatic rings. The van der Waals surface area contributed by atoms with E-state index in [-0.39, 0.29) is 0 Å². The third kappa shape index (κ3) is 2.31. The summed E-state index contributed by atoms with van der Waals surface area (Å²) in [6.45, 7) is 4.20. The van der Waals surface area contributed by atoms with Gasteiger partial charge in [0.15, 0.2) is 0 Å². The van der Waals surface area contributed by atoms with Crippen molar-refractivity contribution >= 4 is 12.2 Å². The predicted molar refractivity (Wildman–Crippen MR) is 61.2 cm³/mol. The van der Waals surface area contributed by atoms with Gasteiger partial charge < -0.3 is 0 Å². The van der Waals surface area contributed by atoms with Gasteiger partial charge in [-0.05, 0) is 31.1 Å². The van der Waals surface area contributed by atoms with E-state index < -0.39 is 0 Å². The Labute approximate surface area is 88.8 Å². The summed E-state index contributed by atoms with van der Waals surface area (Å²) in [4.78, 5) is 0. The van der Waals surface area contributed by atoms with Crippen LogP contribution in [0.5, 0.6) is 0 Å². The van der Waals surface area contributed by atoms with Crippen molar-refractivity contribution in [3.8, 4) is 0 Å². The van der Waals surface area contributed by atoms with E-state index in [9.17, 15) is 0 Å². The number of hydrogen-bond acceptors (Lipinski definition) is 2. The van der Waals surface area contributed by atoms with Gasteiger partial charge in [-0.25, -0.2) is 0 Å². The minimum Gasteiger partial charge on any atom is -0.197 e. The first-order valence-corrected chi connectivity index (χ1v) is 4.87. The van der Waals surface area contributed by atoms with E-state index in [2.05, 4.69) is 47.5 Å². The van der Waals surface area contributed by atoms with E-state index >= 15 is 0 Å². The van der Waals surface area contributed by atoms with E-state index in [1.165, 1.54) is 16.7 Å². The molecule has 0 bridgehead atoms. The van der Waals surface area contributed by atoms with Crippen LogP contribution >= 0.6 is 0 Å². The van der Waals surface area contributed by atoms with E-state index in [1.54, 1.807) is 6.20 Å². The van der Waals surface area contributed by atoms with Crippen molar-refractivity contribution in [1.29, 1.82) is 0 Å². The first kappa shape index (κ1) is 9.65. The molecule has 0 aliphatic heterocycles. The molecule has 1 aromatic carbocycles. The number of H-pyrrole nitrogens is 1. The van der Waals surface area contributed by atoms with E-state index in [0.717, 1.165) is 5.69 Å². The smallest absolute Gasteiger partial charge is 0.105 e. The van der Waals surface area contributed by atoms with E-state index in [4.69, 9.17) is 0 Å². The van der Waals surface area contributed by atoms with Crippen LogP contribution in [-0.4, -0.2) is 15.4 Å². The number of nitrogens with zero attached hydrogens (tertiary/aromatic N) is 2. The number of aryl methyl sites for hydroxylation is 2. The summed E-state index contributed by atoms with van der Waals surface area (Å²) >= 11 is 0. The summed E-state index contributed by atoms with van der Waals surface area (Å²) < 4.78 is 0. The normalized spacial score (nSPS) is 11.1. The molecule has 2 rings (SSSR count). The fourth-order valence-corrected chi connectivity index (χ4v) is 1.48. The van der Waals surface area contributed by atoms with Crippen LogP contribution in [-0.2, 0) is 0 Å². The molecule has 3 heteroatoms. The molecule has 0 amide bonds. The Morgan fingerprint density at radius 2 is 2.07 bits per heavy atom. The number of aromatic nitrogens is 3. The lowest BCUT2D eigenvalue weighted by molar-refractivity contribution is 0.937. The minimum atomic E-state index is 0.843. The maximum absolute atomic E-state index is 3.96. The van der Waals surface area contributed by atoms with Crippen molar-refractivity contribution in [2.75, 3.05) is 0 Å². The number of hydrogen-bond donors (Lipinski definition) is 1. The maximum Gasteiger partial charge on any atom is 0.105 e. The summed E-state index contributed by atoms with van der Waals surface area (Å²) in [5, 5.41) is 10.3. The van der Waals surface area contributed by atoms with Gasteiger partial charge in [0.05, 0.1) is 6.20 Å². The van der Waals surface area contributed by atoms with Gasteiger partial charge in [-0.15, -0.1) is 0 Å². The van der Waals surface area contributed by atoms with Gasteiger partial charge in [0, 0.05) is 0 Å². The van der Waals surface area contributed by atoms with Crippen molar-refractivity contribution < 1.29 is 0 Å². The molecule has 15 heavy (non-hydrogen) atoms. The molecule has 0 aliphatic carbocycles. The summed E-state index contributed by atoms with van der Waals surface area (Å²) in [5.41, 5.74) is 4.61. The second-order valence-corrected chi connectivity index (χ2v) is 3.59. The zero-order chi connectivity index (χ0) is 10.7. The van der Waals surface area contributed by atoms with E-state index in [1.807, 2.05) is 12.2 Å². The molecule has 76 valence electrons. The number of aromatic amines is 1. The lowest BCUT2D eigenvalue weighted by Gasteiger charge is -2.00. The number of rotatable bonds is 2. The van der Waals surface area contributed by atoms with Gasteiger partial charge >= 0.3 is 0 Å². The van der Waals surface area contributed by atoms with E-state index in [0.29, 0.717) is 0 Å². The molecule has 0 saturated heterocycles. The molecular formula is C12H13N3. The molecule has 1 heterocycles. The zero-order valence-electron chi connectivity index (χ0n) is 8.86. The molecule has 3 nitrogen and oxygen atoms in total. The highest BCUT2D eigenvalue weighted by atomic mass is 15.3. The Bertz CT molecular complexity index is 470. The molecule has 0 unspecified atom stereocenters. The van der Waals surface area contributed by atoms with Gasteiger partial charge in [0.25, 0.3) is 0 Å². The quantitative estimate of drug-likeness (QED) is 0.807. The van der Waals surface area contributed by atoms with Crippen LogP contribution in [0, 0.1) is 13.8 Å². The Kier molecular flexibility index (Phi) is 2.63. The number of benzene rings is 1. The fourth-order valence-electron chi connectivity index (χ4n) is 1.48. The van der Waals surface area contributed by atoms with Crippen molar-refractivity contribution in [3.05, 3.63) is 46.8 Å². The Morgan fingerprint density at radius 1 is 1.20 bits per heavy atom. The van der Waals surface area contributed by atoms with Crippen LogP contribution in [0.25, 0.3) is 12.2 Å². The van der Waals surface area contributed by atoms with Crippen LogP contribution in [0.3, 0.4) is 0 Å². The average Bonchev–Trinajstić information content (AvgIpc) is 2.69. The maximum atomic E-state index is 3.96. The van der Waals surface area contributed by atoms with Gasteiger partial charge in [0.1, 0.15) is 5.69 Å². The van der Waals surface area contributed by atoms with Crippen LogP contribution in [0.2, 0.25) is 0 Å². The van der Waals surface area contributed by atoms with Crippen LogP contribution in [0.15, 0.2) is 24.4 Å². The highest BCUT2D eigenvalue weighted by Crippen LogP contribution is 2.13. The Balaban J connectivity index is 2.24. The molecule has 2 aromatic rings. The zero-order valence-corrected chi connectivity index (χ0v) is 8.86. The third-order valence-corrected chi connectivity index (χ3v) is 2.29. The van der Waals surface area contributed by atoms with Gasteiger partial charge in [-0.1, -0.05) is 29.8 Å². The monoisotopic (exact) mass is 199 g/mol. The Morgan fingerprint density at radius 3 is 2.73 bits per heavy atom. The van der Waals surface area contributed by atoms with Crippen molar-refractivity contribution in [1.82, 2.24) is 15.4 Å². The van der Waals surface area contributed by atoms with Crippen molar-refractivity contribution in [2.24, 2.45) is 0 Å². The van der Waals surface area contributed by atoms with Crippen LogP contribution in [0.4, 0.5) is 0 Å². The van der Waals surface area contributed by atoms with Crippen LogP contribution < -0.4 is 0 Å². The summed E-state index contributed by atoms with van der Waals surface area (Å²) in [5.74, 6) is 0. The van der Waals surface area contributed by atoms with Crippen molar-refractivity contribution in [3.63, 3.8) is 0 Å².